The van der Waals surface area contributed by atoms with E-state index in [-0.39, 0.29) is 11.4 Å². The van der Waals surface area contributed by atoms with E-state index in [9.17, 15) is 18.0 Å². The summed E-state index contributed by atoms with van der Waals surface area (Å²) in [6.45, 7) is 0. The Balaban J connectivity index is 2.83. The van der Waals surface area contributed by atoms with Crippen LogP contribution in [-0.2, 0) is 6.18 Å². The first-order valence-electron chi connectivity index (χ1n) is 5.53. The zero-order valence-electron chi connectivity index (χ0n) is 10.1. The van der Waals surface area contributed by atoms with Crippen molar-refractivity contribution in [1.82, 2.24) is 4.98 Å². The second-order valence-corrected chi connectivity index (χ2v) is 4.04. The van der Waals surface area contributed by atoms with Crippen LogP contribution in [-0.4, -0.2) is 10.9 Å². The zero-order valence-corrected chi connectivity index (χ0v) is 10.1. The van der Waals surface area contributed by atoms with Crippen molar-refractivity contribution in [3.05, 3.63) is 47.7 Å². The van der Waals surface area contributed by atoms with Crippen LogP contribution in [0.15, 0.2) is 36.5 Å². The molecule has 0 aliphatic carbocycles. The monoisotopic (exact) mass is 281 g/mol. The third-order valence-electron chi connectivity index (χ3n) is 2.72. The van der Waals surface area contributed by atoms with Gasteiger partial charge in [-0.25, -0.2) is 4.98 Å². The Labute approximate surface area is 112 Å². The number of aromatic nitrogens is 1. The Kier molecular flexibility index (Phi) is 3.35. The van der Waals surface area contributed by atoms with Crippen LogP contribution < -0.4 is 11.5 Å². The molecule has 0 bridgehead atoms. The third kappa shape index (κ3) is 2.42. The molecule has 0 unspecified atom stereocenters. The first kappa shape index (κ1) is 13.9. The minimum atomic E-state index is -4.74. The fourth-order valence-corrected chi connectivity index (χ4v) is 1.89. The molecule has 0 aliphatic rings. The van der Waals surface area contributed by atoms with Gasteiger partial charge in [0, 0.05) is 11.8 Å². The number of pyridine rings is 1. The number of alkyl halides is 3. The average molecular weight is 281 g/mol. The number of halogens is 3. The van der Waals surface area contributed by atoms with Crippen molar-refractivity contribution in [2.75, 3.05) is 5.73 Å². The summed E-state index contributed by atoms with van der Waals surface area (Å²) >= 11 is 0. The maximum absolute atomic E-state index is 12.9. The predicted octanol–water partition coefficient (Wildman–Crippen LogP) is 2.45. The van der Waals surface area contributed by atoms with E-state index in [4.69, 9.17) is 11.5 Å². The number of carbonyl (C=O) groups excluding carboxylic acids is 1. The van der Waals surface area contributed by atoms with E-state index in [0.717, 1.165) is 0 Å². The van der Waals surface area contributed by atoms with E-state index in [1.807, 2.05) is 0 Å². The Bertz CT molecular complexity index is 654. The molecule has 7 heteroatoms. The fraction of sp³-hybridized carbons (Fsp3) is 0.0769. The van der Waals surface area contributed by atoms with E-state index in [1.165, 1.54) is 12.1 Å². The SMILES string of the molecule is NC(=O)c1c(C(F)(F)F)cnc(N)c1-c1ccccc1. The lowest BCUT2D eigenvalue weighted by Crippen LogP contribution is -2.21. The molecule has 1 aromatic carbocycles. The van der Waals surface area contributed by atoms with Gasteiger partial charge < -0.3 is 11.5 Å². The van der Waals surface area contributed by atoms with Gasteiger partial charge in [-0.05, 0) is 5.56 Å². The van der Waals surface area contributed by atoms with Gasteiger partial charge in [0.1, 0.15) is 5.82 Å². The van der Waals surface area contributed by atoms with E-state index >= 15 is 0 Å². The van der Waals surface area contributed by atoms with Crippen molar-refractivity contribution < 1.29 is 18.0 Å². The Morgan fingerprint density at radius 3 is 2.25 bits per heavy atom. The number of primary amides is 1. The van der Waals surface area contributed by atoms with Gasteiger partial charge in [-0.15, -0.1) is 0 Å². The van der Waals surface area contributed by atoms with Gasteiger partial charge in [-0.3, -0.25) is 4.79 Å². The lowest BCUT2D eigenvalue weighted by molar-refractivity contribution is -0.138. The van der Waals surface area contributed by atoms with Crippen LogP contribution in [0.25, 0.3) is 11.1 Å². The highest BCUT2D eigenvalue weighted by Gasteiger charge is 2.37. The predicted molar refractivity (Wildman–Crippen MR) is 67.6 cm³/mol. The van der Waals surface area contributed by atoms with Crippen molar-refractivity contribution in [3.63, 3.8) is 0 Å². The molecule has 1 heterocycles. The van der Waals surface area contributed by atoms with Crippen LogP contribution in [0.5, 0.6) is 0 Å². The Morgan fingerprint density at radius 1 is 1.15 bits per heavy atom. The van der Waals surface area contributed by atoms with Crippen LogP contribution in [0, 0.1) is 0 Å². The van der Waals surface area contributed by atoms with Crippen molar-refractivity contribution in [2.24, 2.45) is 5.73 Å². The molecular formula is C13H10F3N3O. The molecule has 0 fully saturated rings. The standard InChI is InChI=1S/C13H10F3N3O/c14-13(15,16)8-6-19-11(17)9(10(8)12(18)20)7-4-2-1-3-5-7/h1-6H,(H2,17,19)(H2,18,20). The van der Waals surface area contributed by atoms with Gasteiger partial charge in [-0.1, -0.05) is 30.3 Å². The summed E-state index contributed by atoms with van der Waals surface area (Å²) in [6.07, 6.45) is -4.23. The largest absolute Gasteiger partial charge is 0.418 e. The number of nitrogens with zero attached hydrogens (tertiary/aromatic N) is 1. The smallest absolute Gasteiger partial charge is 0.383 e. The summed E-state index contributed by atoms with van der Waals surface area (Å²) in [5.41, 5.74) is 9.09. The van der Waals surface area contributed by atoms with Crippen molar-refractivity contribution >= 4 is 11.7 Å². The van der Waals surface area contributed by atoms with Gasteiger partial charge in [-0.2, -0.15) is 13.2 Å². The molecule has 2 aromatic rings. The summed E-state index contributed by atoms with van der Waals surface area (Å²) in [4.78, 5) is 15.0. The average Bonchev–Trinajstić information content (AvgIpc) is 2.37. The van der Waals surface area contributed by atoms with Gasteiger partial charge >= 0.3 is 6.18 Å². The summed E-state index contributed by atoms with van der Waals surface area (Å²) in [5.74, 6) is -1.39. The molecule has 0 aliphatic heterocycles. The Hall–Kier alpha value is -2.57. The number of rotatable bonds is 2. The van der Waals surface area contributed by atoms with Crippen LogP contribution in [0.2, 0.25) is 0 Å². The second-order valence-electron chi connectivity index (χ2n) is 4.04. The van der Waals surface area contributed by atoms with Crippen LogP contribution in [0.4, 0.5) is 19.0 Å². The van der Waals surface area contributed by atoms with Crippen molar-refractivity contribution in [1.29, 1.82) is 0 Å². The van der Waals surface area contributed by atoms with Crippen LogP contribution in [0.1, 0.15) is 15.9 Å². The molecule has 0 saturated carbocycles. The molecule has 1 aromatic heterocycles. The lowest BCUT2D eigenvalue weighted by Gasteiger charge is -2.16. The molecule has 104 valence electrons. The number of hydrogen-bond acceptors (Lipinski definition) is 3. The molecule has 4 nitrogen and oxygen atoms in total. The number of benzene rings is 1. The third-order valence-corrected chi connectivity index (χ3v) is 2.72. The first-order chi connectivity index (χ1) is 9.32. The zero-order chi connectivity index (χ0) is 14.9. The minimum absolute atomic E-state index is 0.104. The van der Waals surface area contributed by atoms with E-state index in [1.54, 1.807) is 18.2 Å². The van der Waals surface area contributed by atoms with Crippen molar-refractivity contribution in [3.8, 4) is 11.1 Å². The maximum atomic E-state index is 12.9. The molecule has 4 N–H and O–H groups in total. The quantitative estimate of drug-likeness (QED) is 0.887. The molecule has 1 amide bonds. The molecular weight excluding hydrogens is 271 g/mol. The molecule has 0 radical (unpaired) electrons. The molecule has 0 spiro atoms. The molecule has 0 saturated heterocycles. The summed E-state index contributed by atoms with van der Waals surface area (Å²) in [6, 6.07) is 7.96. The lowest BCUT2D eigenvalue weighted by atomic mass is 9.96. The maximum Gasteiger partial charge on any atom is 0.418 e. The number of nitrogen functional groups attached to an aromatic ring is 1. The number of carbonyl (C=O) groups is 1. The van der Waals surface area contributed by atoms with Crippen LogP contribution >= 0.6 is 0 Å². The molecule has 20 heavy (non-hydrogen) atoms. The molecule has 2 rings (SSSR count). The van der Waals surface area contributed by atoms with Gasteiger partial charge in [0.2, 0.25) is 5.91 Å². The summed E-state index contributed by atoms with van der Waals surface area (Å²) < 4.78 is 38.8. The summed E-state index contributed by atoms with van der Waals surface area (Å²) in [5, 5.41) is 0. The normalized spacial score (nSPS) is 11.3. The minimum Gasteiger partial charge on any atom is -0.383 e. The first-order valence-corrected chi connectivity index (χ1v) is 5.53. The highest BCUT2D eigenvalue weighted by Crippen LogP contribution is 2.38. The second kappa shape index (κ2) is 4.84. The number of anilines is 1. The number of amides is 1. The van der Waals surface area contributed by atoms with E-state index in [0.29, 0.717) is 11.8 Å². The number of hydrogen-bond donors (Lipinski definition) is 2. The summed E-state index contributed by atoms with van der Waals surface area (Å²) in [7, 11) is 0. The highest BCUT2D eigenvalue weighted by atomic mass is 19.4. The number of nitrogens with two attached hydrogens (primary N) is 2. The van der Waals surface area contributed by atoms with Crippen LogP contribution in [0.3, 0.4) is 0 Å². The Morgan fingerprint density at radius 2 is 1.75 bits per heavy atom. The fourth-order valence-electron chi connectivity index (χ4n) is 1.89. The van der Waals surface area contributed by atoms with E-state index in [2.05, 4.69) is 4.98 Å². The van der Waals surface area contributed by atoms with Crippen molar-refractivity contribution in [2.45, 2.75) is 6.18 Å². The van der Waals surface area contributed by atoms with Gasteiger partial charge in [0.25, 0.3) is 0 Å². The highest BCUT2D eigenvalue weighted by molar-refractivity contribution is 6.03. The topological polar surface area (TPSA) is 82.0 Å². The van der Waals surface area contributed by atoms with Gasteiger partial charge in [0.05, 0.1) is 11.1 Å². The molecule has 0 atom stereocenters. The van der Waals surface area contributed by atoms with Gasteiger partial charge in [0.15, 0.2) is 0 Å². The van der Waals surface area contributed by atoms with E-state index < -0.39 is 23.2 Å².